The molecule has 0 unspecified atom stereocenters. The summed E-state index contributed by atoms with van der Waals surface area (Å²) in [4.78, 5) is 64.5. The Kier molecular flexibility index (Phi) is 18.0. The van der Waals surface area contributed by atoms with E-state index in [0.29, 0.717) is 22.4 Å². The second kappa shape index (κ2) is 25.8. The van der Waals surface area contributed by atoms with Crippen LogP contribution < -0.4 is 18.9 Å². The van der Waals surface area contributed by atoms with Gasteiger partial charge in [-0.05, 0) is 94.0 Å². The molecule has 0 aromatic heterocycles. The Morgan fingerprint density at radius 3 is 1.33 bits per heavy atom. The number of rotatable bonds is 22. The van der Waals surface area contributed by atoms with E-state index < -0.39 is 29.7 Å². The molecule has 6 aromatic carbocycles. The average Bonchev–Trinajstić information content (AvgIpc) is 3.39. The third-order valence-corrected chi connectivity index (χ3v) is 10.2. The fraction of sp³-hybridized carbons (Fsp3) is 0.121. The zero-order valence-corrected chi connectivity index (χ0v) is 38.0. The number of esters is 4. The molecule has 0 radical (unpaired) electrons. The van der Waals surface area contributed by atoms with Crippen molar-refractivity contribution in [2.75, 3.05) is 39.6 Å². The molecular formula is C58H48O12. The van der Waals surface area contributed by atoms with Crippen LogP contribution in [0.4, 0.5) is 0 Å². The maximum absolute atomic E-state index is 14.0. The number of benzene rings is 6. The smallest absolute Gasteiger partial charge is 0.336 e. The van der Waals surface area contributed by atoms with Crippen LogP contribution in [0, 0.1) is 0 Å². The molecule has 1 aliphatic carbocycles. The molecule has 1 aliphatic rings. The zero-order valence-electron chi connectivity index (χ0n) is 38.0. The molecule has 0 fully saturated rings. The summed E-state index contributed by atoms with van der Waals surface area (Å²) in [5, 5.41) is 0. The molecular weight excluding hydrogens is 889 g/mol. The molecule has 0 bridgehead atoms. The molecule has 0 aliphatic heterocycles. The normalized spacial score (nSPS) is 12.1. The molecule has 0 N–H and O–H groups in total. The van der Waals surface area contributed by atoms with Gasteiger partial charge in [0.05, 0.1) is 5.56 Å². The minimum absolute atomic E-state index is 0.00418. The molecule has 7 rings (SSSR count). The third kappa shape index (κ3) is 15.5. The van der Waals surface area contributed by atoms with Crippen molar-refractivity contribution in [1.82, 2.24) is 0 Å². The Hall–Kier alpha value is -9.03. The summed E-state index contributed by atoms with van der Waals surface area (Å²) in [6, 6.07) is 45.4. The molecule has 0 heterocycles. The van der Waals surface area contributed by atoms with Crippen LogP contribution in [0.15, 0.2) is 182 Å². The second-order valence-electron chi connectivity index (χ2n) is 15.3. The average molecular weight is 937 g/mol. The summed E-state index contributed by atoms with van der Waals surface area (Å²) >= 11 is 0. The first-order valence-electron chi connectivity index (χ1n) is 22.3. The van der Waals surface area contributed by atoms with Crippen molar-refractivity contribution in [3.05, 3.63) is 221 Å². The van der Waals surface area contributed by atoms with Gasteiger partial charge >= 0.3 is 23.9 Å². The van der Waals surface area contributed by atoms with Gasteiger partial charge in [-0.3, -0.25) is 4.79 Å². The molecule has 0 saturated heterocycles. The fourth-order valence-corrected chi connectivity index (χ4v) is 6.93. The SMILES string of the molecule is O=C(/C=C/c1ccccc1)OCCOc1cc2c(c(OC(=O)/C=C/c3ccccc3)c1)C(=O)C=C(c1ccc(OCCOC(=O)/C=C/c3ccccc3)c(OCCOC(=O)/C=C/c3ccccc3)c1)C2. The molecule has 352 valence electrons. The van der Waals surface area contributed by atoms with Crippen molar-refractivity contribution >= 4 is 59.5 Å². The van der Waals surface area contributed by atoms with Crippen LogP contribution in [0.1, 0.15) is 43.7 Å². The van der Waals surface area contributed by atoms with Crippen molar-refractivity contribution in [2.24, 2.45) is 0 Å². The maximum atomic E-state index is 14.0. The highest BCUT2D eigenvalue weighted by atomic mass is 16.6. The first kappa shape index (κ1) is 48.9. The van der Waals surface area contributed by atoms with Crippen LogP contribution in [0.3, 0.4) is 0 Å². The molecule has 6 aromatic rings. The van der Waals surface area contributed by atoms with E-state index in [9.17, 15) is 24.0 Å². The predicted octanol–water partition coefficient (Wildman–Crippen LogP) is 10.0. The molecule has 0 saturated carbocycles. The highest BCUT2D eigenvalue weighted by Crippen LogP contribution is 2.39. The summed E-state index contributed by atoms with van der Waals surface area (Å²) in [7, 11) is 0. The number of fused-ring (bicyclic) bond motifs is 1. The lowest BCUT2D eigenvalue weighted by atomic mass is 9.86. The highest BCUT2D eigenvalue weighted by molar-refractivity contribution is 6.14. The Morgan fingerprint density at radius 1 is 0.429 bits per heavy atom. The highest BCUT2D eigenvalue weighted by Gasteiger charge is 2.26. The molecule has 12 nitrogen and oxygen atoms in total. The van der Waals surface area contributed by atoms with Crippen molar-refractivity contribution in [1.29, 1.82) is 0 Å². The van der Waals surface area contributed by atoms with Crippen LogP contribution in [0.2, 0.25) is 0 Å². The van der Waals surface area contributed by atoms with E-state index in [1.165, 1.54) is 36.4 Å². The largest absolute Gasteiger partial charge is 0.490 e. The Morgan fingerprint density at radius 2 is 0.857 bits per heavy atom. The van der Waals surface area contributed by atoms with Gasteiger partial charge in [-0.1, -0.05) is 127 Å². The molecule has 0 atom stereocenters. The van der Waals surface area contributed by atoms with Crippen LogP contribution >= 0.6 is 0 Å². The minimum atomic E-state index is -0.710. The quantitative estimate of drug-likeness (QED) is 0.0210. The first-order chi connectivity index (χ1) is 34.3. The zero-order chi connectivity index (χ0) is 48.8. The lowest BCUT2D eigenvalue weighted by molar-refractivity contribution is -0.139. The van der Waals surface area contributed by atoms with Crippen LogP contribution in [-0.2, 0) is 39.8 Å². The molecule has 70 heavy (non-hydrogen) atoms. The van der Waals surface area contributed by atoms with Crippen LogP contribution in [-0.4, -0.2) is 69.3 Å². The van der Waals surface area contributed by atoms with E-state index in [0.717, 1.165) is 22.3 Å². The summed E-state index contributed by atoms with van der Waals surface area (Å²) in [6.45, 7) is -0.320. The van der Waals surface area contributed by atoms with Gasteiger partial charge in [0.1, 0.15) is 51.1 Å². The van der Waals surface area contributed by atoms with E-state index in [2.05, 4.69) is 0 Å². The fourth-order valence-electron chi connectivity index (χ4n) is 6.93. The van der Waals surface area contributed by atoms with Gasteiger partial charge < -0.3 is 33.2 Å². The minimum Gasteiger partial charge on any atom is -0.490 e. The Labute approximate surface area is 405 Å². The van der Waals surface area contributed by atoms with Gasteiger partial charge in [0.15, 0.2) is 17.3 Å². The molecule has 0 amide bonds. The summed E-state index contributed by atoms with van der Waals surface area (Å²) < 4.78 is 40.0. The summed E-state index contributed by atoms with van der Waals surface area (Å²) in [6.07, 6.45) is 13.5. The van der Waals surface area contributed by atoms with Gasteiger partial charge in [-0.2, -0.15) is 0 Å². The second-order valence-corrected chi connectivity index (χ2v) is 15.3. The van der Waals surface area contributed by atoms with E-state index >= 15 is 0 Å². The van der Waals surface area contributed by atoms with Crippen LogP contribution in [0.25, 0.3) is 29.9 Å². The number of ketones is 1. The monoisotopic (exact) mass is 936 g/mol. The predicted molar refractivity (Wildman–Crippen MR) is 266 cm³/mol. The first-order valence-corrected chi connectivity index (χ1v) is 22.3. The van der Waals surface area contributed by atoms with Crippen LogP contribution in [0.5, 0.6) is 23.0 Å². The Balaban J connectivity index is 1.06. The lowest BCUT2D eigenvalue weighted by Gasteiger charge is -2.21. The van der Waals surface area contributed by atoms with Gasteiger partial charge in [0, 0.05) is 30.4 Å². The number of allylic oxidation sites excluding steroid dienone is 2. The van der Waals surface area contributed by atoms with Crippen molar-refractivity contribution in [2.45, 2.75) is 6.42 Å². The van der Waals surface area contributed by atoms with Gasteiger partial charge in [0.2, 0.25) is 0 Å². The van der Waals surface area contributed by atoms with Crippen molar-refractivity contribution < 1.29 is 57.1 Å². The molecule has 0 spiro atoms. The standard InChI is InChI=1S/C58H48O12/c59-50-39-47(37-48-38-49(64-31-34-67-54(60)27-21-42-13-5-1-6-14-42)41-53(58(48)50)70-57(63)30-24-45-19-11-4-12-20-45)46-25-26-51(65-32-35-68-55(61)28-22-43-15-7-2-8-16-43)52(40-46)66-33-36-69-56(62)29-23-44-17-9-3-10-18-44/h1-30,38-41H,31-37H2/b27-21+,28-22+,29-23+,30-24+. The van der Waals surface area contributed by atoms with Gasteiger partial charge in [-0.25, -0.2) is 19.2 Å². The topological polar surface area (TPSA) is 150 Å². The van der Waals surface area contributed by atoms with Gasteiger partial charge in [0.25, 0.3) is 0 Å². The number of ether oxygens (including phenoxy) is 7. The van der Waals surface area contributed by atoms with E-state index in [1.807, 2.05) is 121 Å². The van der Waals surface area contributed by atoms with Crippen molar-refractivity contribution in [3.63, 3.8) is 0 Å². The molecule has 12 heteroatoms. The summed E-state index contributed by atoms with van der Waals surface area (Å²) in [5.74, 6) is -1.92. The number of carbonyl (C=O) groups is 5. The van der Waals surface area contributed by atoms with Crippen molar-refractivity contribution in [3.8, 4) is 23.0 Å². The number of carbonyl (C=O) groups excluding carboxylic acids is 5. The number of hydrogen-bond acceptors (Lipinski definition) is 12. The summed E-state index contributed by atoms with van der Waals surface area (Å²) in [5.41, 5.74) is 5.21. The van der Waals surface area contributed by atoms with Gasteiger partial charge in [-0.15, -0.1) is 0 Å². The lowest BCUT2D eigenvalue weighted by Crippen LogP contribution is -2.16. The van der Waals surface area contributed by atoms with E-state index in [1.54, 1.807) is 48.6 Å². The number of hydrogen-bond donors (Lipinski definition) is 0. The third-order valence-electron chi connectivity index (χ3n) is 10.2. The Bertz CT molecular complexity index is 2900. The van der Waals surface area contributed by atoms with E-state index in [-0.39, 0.29) is 68.9 Å². The maximum Gasteiger partial charge on any atom is 0.336 e. The van der Waals surface area contributed by atoms with E-state index in [4.69, 9.17) is 33.2 Å².